The standard InChI is InChI=1S/C32H53N3O6S/c1-8-39-28(36)21-33-23-32(34-42(38)31(5,6)7)19-12-20-35(29(37)41-30(2,3)4)27(32)22-40-26-17-15-25(16-18-26)24-13-10-9-11-14-24/h9-11,13-14,25-27,33-34H,8,12,15-23H2,1-7H3/t25-,26+,27-,32+,42?/m0/s1. The lowest BCUT2D eigenvalue weighted by atomic mass is 9.81. The summed E-state index contributed by atoms with van der Waals surface area (Å²) in [4.78, 5) is 27.5. The molecule has 1 unspecified atom stereocenters. The van der Waals surface area contributed by atoms with E-state index in [-0.39, 0.29) is 25.2 Å². The molecule has 3 rings (SSSR count). The van der Waals surface area contributed by atoms with Crippen molar-refractivity contribution in [3.63, 3.8) is 0 Å². The number of carbonyl (C=O) groups excluding carboxylic acids is 2. The van der Waals surface area contributed by atoms with Gasteiger partial charge in [-0.2, -0.15) is 0 Å². The van der Waals surface area contributed by atoms with E-state index in [2.05, 4.69) is 34.3 Å². The first-order chi connectivity index (χ1) is 19.7. The molecule has 42 heavy (non-hydrogen) atoms. The van der Waals surface area contributed by atoms with E-state index in [0.717, 1.165) is 25.7 Å². The minimum Gasteiger partial charge on any atom is -0.598 e. The number of esters is 1. The number of nitrogens with zero attached hydrogens (tertiary/aromatic N) is 1. The van der Waals surface area contributed by atoms with Crippen LogP contribution in [0.1, 0.15) is 98.5 Å². The highest BCUT2D eigenvalue weighted by atomic mass is 32.2. The number of ether oxygens (including phenoxy) is 3. The molecule has 0 radical (unpaired) electrons. The normalized spacial score (nSPS) is 26.0. The molecule has 0 spiro atoms. The lowest BCUT2D eigenvalue weighted by Gasteiger charge is -2.50. The molecule has 1 aromatic rings. The maximum Gasteiger partial charge on any atom is 0.410 e. The number of amides is 1. The summed E-state index contributed by atoms with van der Waals surface area (Å²) in [5.74, 6) is 0.174. The molecule has 9 nitrogen and oxygen atoms in total. The second-order valence-corrected chi connectivity index (χ2v) is 15.5. The fourth-order valence-electron chi connectivity index (χ4n) is 5.79. The van der Waals surface area contributed by atoms with Crippen LogP contribution in [0, 0.1) is 0 Å². The highest BCUT2D eigenvalue weighted by molar-refractivity contribution is 7.90. The second kappa shape index (κ2) is 15.2. The minimum atomic E-state index is -1.43. The van der Waals surface area contributed by atoms with Gasteiger partial charge in [-0.25, -0.2) is 4.79 Å². The number of hydrogen-bond donors (Lipinski definition) is 2. The van der Waals surface area contributed by atoms with Gasteiger partial charge in [-0.3, -0.25) is 4.79 Å². The summed E-state index contributed by atoms with van der Waals surface area (Å²) in [6.07, 6.45) is 4.97. The Morgan fingerprint density at radius 2 is 1.74 bits per heavy atom. The summed E-state index contributed by atoms with van der Waals surface area (Å²) in [5.41, 5.74) is -0.108. The first-order valence-corrected chi connectivity index (χ1v) is 16.6. The number of piperidine rings is 1. The first-order valence-electron chi connectivity index (χ1n) is 15.5. The van der Waals surface area contributed by atoms with E-state index in [1.807, 2.05) is 47.6 Å². The van der Waals surface area contributed by atoms with Crippen molar-refractivity contribution in [1.29, 1.82) is 0 Å². The summed E-state index contributed by atoms with van der Waals surface area (Å²) in [6, 6.07) is 10.2. The van der Waals surface area contributed by atoms with Gasteiger partial charge in [0.1, 0.15) is 10.3 Å². The number of likely N-dealkylation sites (tertiary alicyclic amines) is 1. The van der Waals surface area contributed by atoms with Crippen LogP contribution in [0.3, 0.4) is 0 Å². The van der Waals surface area contributed by atoms with E-state index < -0.39 is 39.4 Å². The smallest absolute Gasteiger partial charge is 0.410 e. The van der Waals surface area contributed by atoms with Crippen molar-refractivity contribution < 1.29 is 28.4 Å². The van der Waals surface area contributed by atoms with Crippen LogP contribution < -0.4 is 10.0 Å². The third-order valence-corrected chi connectivity index (χ3v) is 9.67. The van der Waals surface area contributed by atoms with Gasteiger partial charge in [0.25, 0.3) is 0 Å². The number of rotatable bonds is 11. The van der Waals surface area contributed by atoms with Crippen LogP contribution in [0.4, 0.5) is 4.79 Å². The monoisotopic (exact) mass is 607 g/mol. The molecule has 238 valence electrons. The molecular formula is C32H53N3O6S. The lowest BCUT2D eigenvalue weighted by Crippen LogP contribution is -2.72. The average molecular weight is 608 g/mol. The third-order valence-electron chi connectivity index (χ3n) is 7.97. The van der Waals surface area contributed by atoms with Crippen molar-refractivity contribution in [2.75, 3.05) is 32.8 Å². The van der Waals surface area contributed by atoms with Crippen molar-refractivity contribution >= 4 is 23.4 Å². The van der Waals surface area contributed by atoms with Crippen LogP contribution in [0.25, 0.3) is 0 Å². The SMILES string of the molecule is CCOC(=O)CNC[C@]1(N[S+]([O-])C(C)(C)C)CCCN(C(=O)OC(C)(C)C)[C@H]1CO[C@H]1CC[C@@H](c2ccccc2)CC1. The predicted octanol–water partition coefficient (Wildman–Crippen LogP) is 5.07. The molecule has 0 aromatic heterocycles. The Hall–Kier alpha value is -1.85. The van der Waals surface area contributed by atoms with Crippen LogP contribution in [0.2, 0.25) is 0 Å². The van der Waals surface area contributed by atoms with E-state index in [1.165, 1.54) is 5.56 Å². The van der Waals surface area contributed by atoms with E-state index in [1.54, 1.807) is 11.8 Å². The molecule has 1 aromatic carbocycles. The topological polar surface area (TPSA) is 112 Å². The first kappa shape index (κ1) is 34.6. The molecule has 1 saturated heterocycles. The average Bonchev–Trinajstić information content (AvgIpc) is 2.91. The molecule has 2 N–H and O–H groups in total. The van der Waals surface area contributed by atoms with Gasteiger partial charge in [-0.15, -0.1) is 4.72 Å². The zero-order valence-corrected chi connectivity index (χ0v) is 27.5. The molecular weight excluding hydrogens is 554 g/mol. The van der Waals surface area contributed by atoms with E-state index in [9.17, 15) is 14.1 Å². The van der Waals surface area contributed by atoms with Crippen LogP contribution >= 0.6 is 0 Å². The summed E-state index contributed by atoms with van der Waals surface area (Å²) in [5, 5.41) is 3.23. The third kappa shape index (κ3) is 10.1. The number of benzene rings is 1. The quantitative estimate of drug-likeness (QED) is 0.265. The van der Waals surface area contributed by atoms with Gasteiger partial charge in [0, 0.05) is 24.5 Å². The Morgan fingerprint density at radius 3 is 2.33 bits per heavy atom. The highest BCUT2D eigenvalue weighted by Crippen LogP contribution is 2.36. The molecule has 1 heterocycles. The zero-order valence-electron chi connectivity index (χ0n) is 26.7. The fourth-order valence-corrected chi connectivity index (χ4v) is 6.77. The Balaban J connectivity index is 1.83. The van der Waals surface area contributed by atoms with Crippen LogP contribution in [-0.2, 0) is 30.4 Å². The van der Waals surface area contributed by atoms with Gasteiger partial charge in [0.05, 0.1) is 37.4 Å². The summed E-state index contributed by atoms with van der Waals surface area (Å²) in [6.45, 7) is 14.5. The predicted molar refractivity (Wildman–Crippen MR) is 167 cm³/mol. The van der Waals surface area contributed by atoms with Crippen molar-refractivity contribution in [3.8, 4) is 0 Å². The largest absolute Gasteiger partial charge is 0.598 e. The van der Waals surface area contributed by atoms with Gasteiger partial charge < -0.3 is 29.0 Å². The zero-order chi connectivity index (χ0) is 31.0. The number of hydrogen-bond acceptors (Lipinski definition) is 8. The van der Waals surface area contributed by atoms with Crippen molar-refractivity contribution in [1.82, 2.24) is 14.9 Å². The summed E-state index contributed by atoms with van der Waals surface area (Å²) >= 11 is -1.43. The maximum atomic E-state index is 13.6. The van der Waals surface area contributed by atoms with Gasteiger partial charge in [-0.05, 0) is 98.5 Å². The van der Waals surface area contributed by atoms with Gasteiger partial charge >= 0.3 is 12.1 Å². The lowest BCUT2D eigenvalue weighted by molar-refractivity contribution is -0.142. The van der Waals surface area contributed by atoms with Crippen molar-refractivity contribution in [2.45, 2.75) is 121 Å². The molecule has 2 aliphatic rings. The molecule has 1 aliphatic carbocycles. The van der Waals surface area contributed by atoms with Crippen LogP contribution in [0.5, 0.6) is 0 Å². The van der Waals surface area contributed by atoms with Gasteiger partial charge in [-0.1, -0.05) is 30.3 Å². The molecule has 3 atom stereocenters. The molecule has 1 amide bonds. The number of nitrogens with one attached hydrogen (secondary N) is 2. The molecule has 10 heteroatoms. The Morgan fingerprint density at radius 1 is 1.07 bits per heavy atom. The van der Waals surface area contributed by atoms with Crippen LogP contribution in [-0.4, -0.2) is 82.4 Å². The van der Waals surface area contributed by atoms with Crippen molar-refractivity contribution in [3.05, 3.63) is 35.9 Å². The number of carbonyl (C=O) groups is 2. The molecule has 2 fully saturated rings. The van der Waals surface area contributed by atoms with E-state index in [4.69, 9.17) is 14.2 Å². The van der Waals surface area contributed by atoms with Crippen LogP contribution in [0.15, 0.2) is 30.3 Å². The molecule has 1 aliphatic heterocycles. The molecule has 1 saturated carbocycles. The van der Waals surface area contributed by atoms with Gasteiger partial charge in [0.15, 0.2) is 0 Å². The summed E-state index contributed by atoms with van der Waals surface area (Å²) < 4.78 is 34.0. The maximum absolute atomic E-state index is 13.6. The fraction of sp³-hybridized carbons (Fsp3) is 0.750. The van der Waals surface area contributed by atoms with E-state index >= 15 is 0 Å². The Bertz CT molecular complexity index is 990. The Labute approximate surface area is 256 Å². The van der Waals surface area contributed by atoms with E-state index in [0.29, 0.717) is 38.5 Å². The second-order valence-electron chi connectivity index (χ2n) is 13.6. The summed E-state index contributed by atoms with van der Waals surface area (Å²) in [7, 11) is 0. The highest BCUT2D eigenvalue weighted by Gasteiger charge is 2.51. The molecule has 0 bridgehead atoms. The Kier molecular flexibility index (Phi) is 12.6. The van der Waals surface area contributed by atoms with Gasteiger partial charge in [0.2, 0.25) is 0 Å². The van der Waals surface area contributed by atoms with Crippen molar-refractivity contribution in [2.24, 2.45) is 0 Å². The minimum absolute atomic E-state index is 0.0168.